The first kappa shape index (κ1) is 8.40. The van der Waals surface area contributed by atoms with E-state index in [1.165, 1.54) is 0 Å². The number of nitrogen functional groups attached to an aromatic ring is 1. The molecule has 5 heteroatoms. The second kappa shape index (κ2) is 2.56. The van der Waals surface area contributed by atoms with E-state index in [0.717, 1.165) is 11.1 Å². The van der Waals surface area contributed by atoms with Crippen molar-refractivity contribution >= 4 is 22.5 Å². The lowest BCUT2D eigenvalue weighted by Crippen LogP contribution is -2.06. The molecule has 5 nitrogen and oxygen atoms in total. The summed E-state index contributed by atoms with van der Waals surface area (Å²) in [5.41, 5.74) is 8.51. The smallest absolute Gasteiger partial charge is 0.169 e. The summed E-state index contributed by atoms with van der Waals surface area (Å²) in [5, 5.41) is 7.37. The summed E-state index contributed by atoms with van der Waals surface area (Å²) in [7, 11) is 0. The van der Waals surface area contributed by atoms with E-state index in [1.807, 2.05) is 6.92 Å². The number of ketones is 1. The summed E-state index contributed by atoms with van der Waals surface area (Å²) in [5.74, 6) is 0.0902. The van der Waals surface area contributed by atoms with Crippen LogP contribution in [0.3, 0.4) is 0 Å². The van der Waals surface area contributed by atoms with Crippen molar-refractivity contribution in [2.75, 3.05) is 5.73 Å². The number of nitrogens with one attached hydrogen (secondary N) is 1. The van der Waals surface area contributed by atoms with Crippen LogP contribution >= 0.6 is 0 Å². The monoisotopic (exact) mass is 202 g/mol. The van der Waals surface area contributed by atoms with Gasteiger partial charge in [-0.3, -0.25) is 9.89 Å². The number of carbonyl (C=O) groups is 1. The van der Waals surface area contributed by atoms with Gasteiger partial charge >= 0.3 is 0 Å². The van der Waals surface area contributed by atoms with Gasteiger partial charge in [-0.05, 0) is 0 Å². The molecule has 3 rings (SSSR count). The maximum Gasteiger partial charge on any atom is 0.169 e. The van der Waals surface area contributed by atoms with Gasteiger partial charge in [0, 0.05) is 12.3 Å². The van der Waals surface area contributed by atoms with Crippen LogP contribution in [0.4, 0.5) is 5.69 Å². The molecule has 0 aromatic carbocycles. The number of hydrogen-bond acceptors (Lipinski definition) is 4. The Kier molecular flexibility index (Phi) is 1.44. The molecule has 0 radical (unpaired) electrons. The molecule has 2 aromatic heterocycles. The van der Waals surface area contributed by atoms with Gasteiger partial charge in [-0.2, -0.15) is 5.10 Å². The Morgan fingerprint density at radius 2 is 2.40 bits per heavy atom. The number of fused-ring (bicyclic) bond motifs is 2. The number of aromatic amines is 1. The predicted molar refractivity (Wildman–Crippen MR) is 55.5 cm³/mol. The molecule has 1 unspecified atom stereocenters. The van der Waals surface area contributed by atoms with E-state index in [9.17, 15) is 4.79 Å². The maximum absolute atomic E-state index is 11.8. The van der Waals surface area contributed by atoms with Crippen molar-refractivity contribution < 1.29 is 4.79 Å². The van der Waals surface area contributed by atoms with Crippen LogP contribution < -0.4 is 5.73 Å². The average molecular weight is 202 g/mol. The molecule has 76 valence electrons. The van der Waals surface area contributed by atoms with Crippen molar-refractivity contribution in [2.45, 2.75) is 13.3 Å². The van der Waals surface area contributed by atoms with E-state index in [-0.39, 0.29) is 11.7 Å². The number of nitrogens with zero attached hydrogens (tertiary/aromatic N) is 2. The van der Waals surface area contributed by atoms with Crippen molar-refractivity contribution in [1.82, 2.24) is 15.2 Å². The topological polar surface area (TPSA) is 84.7 Å². The molecule has 0 bridgehead atoms. The Labute approximate surface area is 85.7 Å². The third-order valence-electron chi connectivity index (χ3n) is 2.91. The molecule has 1 aliphatic carbocycles. The molecular formula is C10H10N4O. The number of H-pyrrole nitrogens is 1. The van der Waals surface area contributed by atoms with E-state index in [4.69, 9.17) is 5.73 Å². The average Bonchev–Trinajstić information content (AvgIpc) is 2.74. The Hall–Kier alpha value is -1.91. The zero-order chi connectivity index (χ0) is 10.6. The highest BCUT2D eigenvalue weighted by atomic mass is 16.1. The van der Waals surface area contributed by atoms with Gasteiger partial charge in [0.25, 0.3) is 0 Å². The highest BCUT2D eigenvalue weighted by Crippen LogP contribution is 2.33. The van der Waals surface area contributed by atoms with Crippen LogP contribution in [0.25, 0.3) is 11.0 Å². The molecule has 15 heavy (non-hydrogen) atoms. The first-order valence-corrected chi connectivity index (χ1v) is 4.84. The van der Waals surface area contributed by atoms with Crippen LogP contribution in [0, 0.1) is 5.92 Å². The van der Waals surface area contributed by atoms with E-state index in [0.29, 0.717) is 23.3 Å². The van der Waals surface area contributed by atoms with Gasteiger partial charge in [0.05, 0.1) is 28.5 Å². The van der Waals surface area contributed by atoms with Crippen LogP contribution in [-0.4, -0.2) is 21.0 Å². The Morgan fingerprint density at radius 3 is 3.20 bits per heavy atom. The fourth-order valence-electron chi connectivity index (χ4n) is 2.09. The van der Waals surface area contributed by atoms with Gasteiger partial charge in [-0.1, -0.05) is 6.92 Å². The number of nitrogens with two attached hydrogens (primary N) is 1. The third-order valence-corrected chi connectivity index (χ3v) is 2.91. The standard InChI is InChI=1S/C10H10N4O/c1-4-2-6-7(9(4)15)8(11)5-3-12-14-10(5)13-6/h3-4H,2H2,1H3,(H3,11,12,13,14). The largest absolute Gasteiger partial charge is 0.397 e. The van der Waals surface area contributed by atoms with Gasteiger partial charge in [0.2, 0.25) is 0 Å². The molecule has 0 fully saturated rings. The summed E-state index contributed by atoms with van der Waals surface area (Å²) in [4.78, 5) is 16.2. The lowest BCUT2D eigenvalue weighted by Gasteiger charge is -2.02. The molecule has 0 spiro atoms. The Balaban J connectivity index is 2.41. The van der Waals surface area contributed by atoms with E-state index in [1.54, 1.807) is 6.20 Å². The summed E-state index contributed by atoms with van der Waals surface area (Å²) in [6, 6.07) is 0. The van der Waals surface area contributed by atoms with Crippen LogP contribution in [0.15, 0.2) is 6.20 Å². The third kappa shape index (κ3) is 0.945. The fourth-order valence-corrected chi connectivity index (χ4v) is 2.09. The molecule has 3 N–H and O–H groups in total. The molecule has 1 atom stereocenters. The molecule has 2 aromatic rings. The summed E-state index contributed by atoms with van der Waals surface area (Å²) < 4.78 is 0. The van der Waals surface area contributed by atoms with Gasteiger partial charge in [-0.25, -0.2) is 4.98 Å². The summed E-state index contributed by atoms with van der Waals surface area (Å²) >= 11 is 0. The summed E-state index contributed by atoms with van der Waals surface area (Å²) in [6.45, 7) is 1.90. The lowest BCUT2D eigenvalue weighted by molar-refractivity contribution is 0.0947. The minimum atomic E-state index is -0.00531. The highest BCUT2D eigenvalue weighted by molar-refractivity contribution is 6.10. The second-order valence-electron chi connectivity index (χ2n) is 3.95. The number of hydrogen-bond donors (Lipinski definition) is 2. The molecule has 0 aliphatic heterocycles. The molecule has 1 aliphatic rings. The molecule has 2 heterocycles. The van der Waals surface area contributed by atoms with Crippen molar-refractivity contribution in [2.24, 2.45) is 5.92 Å². The zero-order valence-electron chi connectivity index (χ0n) is 8.24. The fraction of sp³-hybridized carbons (Fsp3) is 0.300. The zero-order valence-corrected chi connectivity index (χ0v) is 8.24. The predicted octanol–water partition coefficient (Wildman–Crippen LogP) is 0.915. The number of pyridine rings is 1. The van der Waals surface area contributed by atoms with Gasteiger partial charge in [-0.15, -0.1) is 0 Å². The highest BCUT2D eigenvalue weighted by Gasteiger charge is 2.31. The lowest BCUT2D eigenvalue weighted by atomic mass is 10.1. The van der Waals surface area contributed by atoms with Gasteiger partial charge in [0.1, 0.15) is 0 Å². The number of anilines is 1. The van der Waals surface area contributed by atoms with E-state index >= 15 is 0 Å². The van der Waals surface area contributed by atoms with Gasteiger partial charge < -0.3 is 5.73 Å². The second-order valence-corrected chi connectivity index (χ2v) is 3.95. The molecule has 0 saturated carbocycles. The minimum absolute atomic E-state index is 0.00531. The van der Waals surface area contributed by atoms with Gasteiger partial charge in [0.15, 0.2) is 11.4 Å². The van der Waals surface area contributed by atoms with E-state index < -0.39 is 0 Å². The quantitative estimate of drug-likeness (QED) is 0.665. The van der Waals surface area contributed by atoms with E-state index in [2.05, 4.69) is 15.2 Å². The number of rotatable bonds is 0. The van der Waals surface area contributed by atoms with Crippen molar-refractivity contribution in [3.63, 3.8) is 0 Å². The van der Waals surface area contributed by atoms with Crippen LogP contribution in [0.1, 0.15) is 23.0 Å². The number of aromatic nitrogens is 3. The Morgan fingerprint density at radius 1 is 1.60 bits per heavy atom. The van der Waals surface area contributed by atoms with Crippen molar-refractivity contribution in [3.8, 4) is 0 Å². The normalized spacial score (nSPS) is 19.8. The first-order valence-electron chi connectivity index (χ1n) is 4.84. The molecular weight excluding hydrogens is 192 g/mol. The summed E-state index contributed by atoms with van der Waals surface area (Å²) in [6.07, 6.45) is 2.28. The maximum atomic E-state index is 11.8. The van der Waals surface area contributed by atoms with Crippen molar-refractivity contribution in [3.05, 3.63) is 17.5 Å². The number of carbonyl (C=O) groups excluding carboxylic acids is 1. The number of Topliss-reactive ketones (excluding diaryl/α,β-unsaturated/α-hetero) is 1. The molecule has 0 amide bonds. The Bertz CT molecular complexity index is 572. The van der Waals surface area contributed by atoms with Crippen LogP contribution in [0.2, 0.25) is 0 Å². The minimum Gasteiger partial charge on any atom is -0.397 e. The molecule has 0 saturated heterocycles. The van der Waals surface area contributed by atoms with Crippen LogP contribution in [0.5, 0.6) is 0 Å². The first-order chi connectivity index (χ1) is 7.18. The van der Waals surface area contributed by atoms with Crippen LogP contribution in [-0.2, 0) is 6.42 Å². The SMILES string of the molecule is CC1Cc2nc3[nH]ncc3c(N)c2C1=O. The van der Waals surface area contributed by atoms with Crippen molar-refractivity contribution in [1.29, 1.82) is 0 Å².